The highest BCUT2D eigenvalue weighted by molar-refractivity contribution is 9.10. The number of carbonyl (C=O) groups excluding carboxylic acids is 1. The van der Waals surface area contributed by atoms with E-state index in [0.717, 1.165) is 12.8 Å². The molecule has 1 rings (SSSR count). The topological polar surface area (TPSA) is 49.3 Å². The number of amides is 1. The van der Waals surface area contributed by atoms with Crippen LogP contribution in [0.15, 0.2) is 22.7 Å². The fourth-order valence-corrected chi connectivity index (χ4v) is 2.48. The fraction of sp³-hybridized carbons (Fsp3) is 0.500. The second-order valence-corrected chi connectivity index (χ2v) is 5.36. The van der Waals surface area contributed by atoms with Crippen molar-refractivity contribution in [2.45, 2.75) is 26.2 Å². The number of carbonyl (C=O) groups is 1. The average molecular weight is 332 g/mol. The molecule has 0 fully saturated rings. The lowest BCUT2D eigenvalue weighted by Gasteiger charge is -2.16. The van der Waals surface area contributed by atoms with Gasteiger partial charge in [0.1, 0.15) is 5.82 Å². The molecule has 1 aromatic carbocycles. The summed E-state index contributed by atoms with van der Waals surface area (Å²) in [5.74, 6) is -0.336. The van der Waals surface area contributed by atoms with Crippen molar-refractivity contribution in [3.05, 3.63) is 34.1 Å². The number of hydrogen-bond donors (Lipinski definition) is 2. The van der Waals surface area contributed by atoms with Gasteiger partial charge in [0.05, 0.1) is 5.56 Å². The summed E-state index contributed by atoms with van der Waals surface area (Å²) < 4.78 is 13.4. The number of aliphatic hydroxyl groups is 1. The third-order valence-corrected chi connectivity index (χ3v) is 3.62. The molecule has 0 aliphatic carbocycles. The Morgan fingerprint density at radius 1 is 1.47 bits per heavy atom. The minimum atomic E-state index is -0.382. The van der Waals surface area contributed by atoms with Crippen molar-refractivity contribution < 1.29 is 14.3 Å². The highest BCUT2D eigenvalue weighted by Gasteiger charge is 2.13. The van der Waals surface area contributed by atoms with Crippen molar-refractivity contribution in [3.63, 3.8) is 0 Å². The predicted octanol–water partition coefficient (Wildman–Crippen LogP) is 3.12. The first-order valence-corrected chi connectivity index (χ1v) is 7.21. The molecule has 0 saturated heterocycles. The summed E-state index contributed by atoms with van der Waals surface area (Å²) in [6.45, 7) is 2.72. The average Bonchev–Trinajstić information content (AvgIpc) is 2.36. The van der Waals surface area contributed by atoms with Gasteiger partial charge in [-0.15, -0.1) is 0 Å². The molecule has 19 heavy (non-hydrogen) atoms. The van der Waals surface area contributed by atoms with Gasteiger partial charge in [0, 0.05) is 17.6 Å². The van der Waals surface area contributed by atoms with Crippen LogP contribution in [0.3, 0.4) is 0 Å². The van der Waals surface area contributed by atoms with Gasteiger partial charge in [-0.05, 0) is 52.9 Å². The highest BCUT2D eigenvalue weighted by Crippen LogP contribution is 2.18. The SMILES string of the molecule is CCCC(CCO)CNC(=O)c1ccc(F)cc1Br. The summed E-state index contributed by atoms with van der Waals surface area (Å²) in [5, 5.41) is 11.8. The lowest BCUT2D eigenvalue weighted by Crippen LogP contribution is -2.30. The molecule has 5 heteroatoms. The van der Waals surface area contributed by atoms with E-state index in [1.54, 1.807) is 0 Å². The zero-order valence-electron chi connectivity index (χ0n) is 11.0. The van der Waals surface area contributed by atoms with E-state index in [0.29, 0.717) is 23.0 Å². The molecule has 0 heterocycles. The summed E-state index contributed by atoms with van der Waals surface area (Å²) in [5.41, 5.74) is 0.417. The van der Waals surface area contributed by atoms with Gasteiger partial charge in [0.2, 0.25) is 0 Å². The predicted molar refractivity (Wildman–Crippen MR) is 76.5 cm³/mol. The van der Waals surface area contributed by atoms with Gasteiger partial charge in [-0.25, -0.2) is 4.39 Å². The van der Waals surface area contributed by atoms with Gasteiger partial charge in [-0.3, -0.25) is 4.79 Å². The molecule has 0 radical (unpaired) electrons. The molecule has 2 N–H and O–H groups in total. The summed E-state index contributed by atoms with van der Waals surface area (Å²) in [6, 6.07) is 3.98. The first-order valence-electron chi connectivity index (χ1n) is 6.42. The Bertz CT molecular complexity index is 420. The van der Waals surface area contributed by atoms with E-state index in [4.69, 9.17) is 5.11 Å². The number of aliphatic hydroxyl groups excluding tert-OH is 1. The third-order valence-electron chi connectivity index (χ3n) is 2.96. The maximum atomic E-state index is 12.9. The van der Waals surface area contributed by atoms with Gasteiger partial charge < -0.3 is 10.4 Å². The van der Waals surface area contributed by atoms with Crippen molar-refractivity contribution >= 4 is 21.8 Å². The normalized spacial score (nSPS) is 12.2. The Morgan fingerprint density at radius 3 is 2.79 bits per heavy atom. The van der Waals surface area contributed by atoms with Gasteiger partial charge in [0.25, 0.3) is 5.91 Å². The van der Waals surface area contributed by atoms with Crippen LogP contribution < -0.4 is 5.32 Å². The highest BCUT2D eigenvalue weighted by atomic mass is 79.9. The van der Waals surface area contributed by atoms with Crippen LogP contribution in [-0.2, 0) is 0 Å². The zero-order chi connectivity index (χ0) is 14.3. The molecule has 1 amide bonds. The Morgan fingerprint density at radius 2 is 2.21 bits per heavy atom. The maximum Gasteiger partial charge on any atom is 0.252 e. The van der Waals surface area contributed by atoms with Crippen molar-refractivity contribution in [1.82, 2.24) is 5.32 Å². The first-order chi connectivity index (χ1) is 9.08. The van der Waals surface area contributed by atoms with Crippen LogP contribution in [0.5, 0.6) is 0 Å². The second kappa shape index (κ2) is 8.27. The Hall–Kier alpha value is -0.940. The van der Waals surface area contributed by atoms with E-state index in [-0.39, 0.29) is 24.2 Å². The molecule has 1 atom stereocenters. The molecular weight excluding hydrogens is 313 g/mol. The standard InChI is InChI=1S/C14H19BrFNO2/c1-2-3-10(6-7-18)9-17-14(19)12-5-4-11(16)8-13(12)15/h4-5,8,10,18H,2-3,6-7,9H2,1H3,(H,17,19). The minimum Gasteiger partial charge on any atom is -0.396 e. The third kappa shape index (κ3) is 5.28. The molecule has 1 unspecified atom stereocenters. The first kappa shape index (κ1) is 16.1. The van der Waals surface area contributed by atoms with Gasteiger partial charge in [0.15, 0.2) is 0 Å². The van der Waals surface area contributed by atoms with E-state index in [9.17, 15) is 9.18 Å². The Labute approximate surface area is 121 Å². The van der Waals surface area contributed by atoms with Crippen LogP contribution in [0.2, 0.25) is 0 Å². The molecule has 3 nitrogen and oxygen atoms in total. The Kier molecular flexibility index (Phi) is 7.02. The summed E-state index contributed by atoms with van der Waals surface area (Å²) in [4.78, 5) is 12.0. The lowest BCUT2D eigenvalue weighted by atomic mass is 10.00. The van der Waals surface area contributed by atoms with Crippen LogP contribution in [0.1, 0.15) is 36.5 Å². The quantitative estimate of drug-likeness (QED) is 0.806. The molecule has 0 spiro atoms. The van der Waals surface area contributed by atoms with Crippen LogP contribution >= 0.6 is 15.9 Å². The Balaban J connectivity index is 2.58. The molecule has 0 aliphatic rings. The van der Waals surface area contributed by atoms with E-state index in [1.165, 1.54) is 18.2 Å². The number of benzene rings is 1. The lowest BCUT2D eigenvalue weighted by molar-refractivity contribution is 0.0942. The van der Waals surface area contributed by atoms with E-state index in [2.05, 4.69) is 28.2 Å². The number of nitrogens with one attached hydrogen (secondary N) is 1. The zero-order valence-corrected chi connectivity index (χ0v) is 12.5. The maximum absolute atomic E-state index is 12.9. The van der Waals surface area contributed by atoms with Crippen LogP contribution in [0, 0.1) is 11.7 Å². The molecule has 0 aliphatic heterocycles. The van der Waals surface area contributed by atoms with Crippen LogP contribution in [-0.4, -0.2) is 24.2 Å². The van der Waals surface area contributed by atoms with E-state index in [1.807, 2.05) is 0 Å². The van der Waals surface area contributed by atoms with Gasteiger partial charge >= 0.3 is 0 Å². The van der Waals surface area contributed by atoms with Crippen molar-refractivity contribution in [2.24, 2.45) is 5.92 Å². The molecular formula is C14H19BrFNO2. The summed E-state index contributed by atoms with van der Waals surface area (Å²) >= 11 is 3.18. The van der Waals surface area contributed by atoms with Crippen LogP contribution in [0.25, 0.3) is 0 Å². The summed E-state index contributed by atoms with van der Waals surface area (Å²) in [6.07, 6.45) is 2.66. The van der Waals surface area contributed by atoms with Crippen molar-refractivity contribution in [2.75, 3.05) is 13.2 Å². The monoisotopic (exact) mass is 331 g/mol. The van der Waals surface area contributed by atoms with Gasteiger partial charge in [-0.2, -0.15) is 0 Å². The molecule has 0 bridgehead atoms. The van der Waals surface area contributed by atoms with E-state index < -0.39 is 0 Å². The molecule has 0 aromatic heterocycles. The number of hydrogen-bond acceptors (Lipinski definition) is 2. The minimum absolute atomic E-state index is 0.126. The number of halogens is 2. The van der Waals surface area contributed by atoms with Crippen molar-refractivity contribution in [1.29, 1.82) is 0 Å². The smallest absolute Gasteiger partial charge is 0.252 e. The van der Waals surface area contributed by atoms with Gasteiger partial charge in [-0.1, -0.05) is 13.3 Å². The molecule has 106 valence electrons. The summed E-state index contributed by atoms with van der Waals surface area (Å²) in [7, 11) is 0. The second-order valence-electron chi connectivity index (χ2n) is 4.50. The molecule has 0 saturated carbocycles. The fourth-order valence-electron chi connectivity index (χ4n) is 1.95. The van der Waals surface area contributed by atoms with Crippen molar-refractivity contribution in [3.8, 4) is 0 Å². The molecule has 1 aromatic rings. The van der Waals surface area contributed by atoms with E-state index >= 15 is 0 Å². The number of rotatable bonds is 7. The van der Waals surface area contributed by atoms with Crippen LogP contribution in [0.4, 0.5) is 4.39 Å². The largest absolute Gasteiger partial charge is 0.396 e.